The van der Waals surface area contributed by atoms with Crippen molar-refractivity contribution < 1.29 is 13.9 Å². The molecular weight excluding hydrogens is 246 g/mol. The molecule has 0 aromatic carbocycles. The van der Waals surface area contributed by atoms with Crippen LogP contribution in [0.3, 0.4) is 0 Å². The van der Waals surface area contributed by atoms with Gasteiger partial charge in [-0.1, -0.05) is 32.1 Å². The van der Waals surface area contributed by atoms with Crippen LogP contribution in [0.15, 0.2) is 0 Å². The minimum Gasteiger partial charge on any atom is -0.391 e. The number of halogens is 2. The van der Waals surface area contributed by atoms with Crippen LogP contribution in [0.4, 0.5) is 13.9 Å². The fourth-order valence-corrected chi connectivity index (χ4v) is 2.58. The standard InChI is InChI=1S/C11H18F2N2OS/c1-11(2,3)9-7(6-16)17-10(14-9)15(4)5-8(12)13/h8,16H,5-6H2,1-4H3. The molecule has 1 heterocycles. The lowest BCUT2D eigenvalue weighted by Crippen LogP contribution is -2.24. The average molecular weight is 264 g/mol. The molecule has 6 heteroatoms. The van der Waals surface area contributed by atoms with Gasteiger partial charge in [0.15, 0.2) is 5.13 Å². The van der Waals surface area contributed by atoms with E-state index < -0.39 is 6.43 Å². The third kappa shape index (κ3) is 3.61. The zero-order chi connectivity index (χ0) is 13.2. The van der Waals surface area contributed by atoms with Crippen molar-refractivity contribution in [2.75, 3.05) is 18.5 Å². The van der Waals surface area contributed by atoms with Crippen molar-refractivity contribution in [3.05, 3.63) is 10.6 Å². The summed E-state index contributed by atoms with van der Waals surface area (Å²) >= 11 is 1.27. The second-order valence-corrected chi connectivity index (χ2v) is 6.01. The van der Waals surface area contributed by atoms with Crippen LogP contribution in [0, 0.1) is 0 Å². The molecule has 0 saturated heterocycles. The molecule has 17 heavy (non-hydrogen) atoms. The monoisotopic (exact) mass is 264 g/mol. The molecule has 0 unspecified atom stereocenters. The summed E-state index contributed by atoms with van der Waals surface area (Å²) in [6, 6.07) is 0. The van der Waals surface area contributed by atoms with Gasteiger partial charge < -0.3 is 10.0 Å². The Bertz CT molecular complexity index is 374. The molecule has 1 aromatic heterocycles. The summed E-state index contributed by atoms with van der Waals surface area (Å²) in [6.45, 7) is 5.50. The number of alkyl halides is 2. The molecule has 0 aliphatic heterocycles. The van der Waals surface area contributed by atoms with Crippen molar-refractivity contribution in [2.45, 2.75) is 39.2 Å². The predicted octanol–water partition coefficient (Wildman–Crippen LogP) is 2.63. The van der Waals surface area contributed by atoms with Gasteiger partial charge in [0.1, 0.15) is 0 Å². The third-order valence-electron chi connectivity index (χ3n) is 2.28. The summed E-state index contributed by atoms with van der Waals surface area (Å²) in [4.78, 5) is 6.52. The van der Waals surface area contributed by atoms with Crippen molar-refractivity contribution >= 4 is 16.5 Å². The normalized spacial score (nSPS) is 12.2. The van der Waals surface area contributed by atoms with E-state index >= 15 is 0 Å². The molecule has 1 aromatic rings. The number of hydrogen-bond donors (Lipinski definition) is 1. The minimum absolute atomic E-state index is 0.104. The smallest absolute Gasteiger partial charge is 0.255 e. The molecule has 98 valence electrons. The van der Waals surface area contributed by atoms with Gasteiger partial charge in [-0.05, 0) is 0 Å². The highest BCUT2D eigenvalue weighted by Gasteiger charge is 2.24. The number of rotatable bonds is 4. The van der Waals surface area contributed by atoms with Crippen LogP contribution in [0.1, 0.15) is 31.3 Å². The number of nitrogens with zero attached hydrogens (tertiary/aromatic N) is 2. The van der Waals surface area contributed by atoms with Crippen LogP contribution < -0.4 is 4.90 Å². The van der Waals surface area contributed by atoms with E-state index in [0.717, 1.165) is 10.6 Å². The van der Waals surface area contributed by atoms with Gasteiger partial charge in [0.2, 0.25) is 0 Å². The Morgan fingerprint density at radius 1 is 1.41 bits per heavy atom. The number of aliphatic hydroxyl groups excluding tert-OH is 1. The molecule has 0 atom stereocenters. The Labute approximate surface area is 104 Å². The molecule has 0 aliphatic carbocycles. The average Bonchev–Trinajstić information content (AvgIpc) is 2.59. The summed E-state index contributed by atoms with van der Waals surface area (Å²) in [5.74, 6) is 0. The van der Waals surface area contributed by atoms with Crippen molar-refractivity contribution in [2.24, 2.45) is 0 Å². The van der Waals surface area contributed by atoms with E-state index in [-0.39, 0.29) is 18.6 Å². The highest BCUT2D eigenvalue weighted by atomic mass is 32.1. The molecule has 1 rings (SSSR count). The molecule has 0 aliphatic rings. The van der Waals surface area contributed by atoms with Gasteiger partial charge >= 0.3 is 0 Å². The van der Waals surface area contributed by atoms with E-state index in [4.69, 9.17) is 0 Å². The Hall–Kier alpha value is -0.750. The molecule has 0 radical (unpaired) electrons. The Morgan fingerprint density at radius 3 is 2.35 bits per heavy atom. The first-order valence-corrected chi connectivity index (χ1v) is 6.17. The van der Waals surface area contributed by atoms with Gasteiger partial charge in [0.25, 0.3) is 6.43 Å². The van der Waals surface area contributed by atoms with Gasteiger partial charge in [-0.15, -0.1) is 0 Å². The highest BCUT2D eigenvalue weighted by Crippen LogP contribution is 2.33. The van der Waals surface area contributed by atoms with Gasteiger partial charge in [-0.3, -0.25) is 0 Å². The quantitative estimate of drug-likeness (QED) is 0.908. The fourth-order valence-electron chi connectivity index (χ4n) is 1.48. The topological polar surface area (TPSA) is 36.4 Å². The van der Waals surface area contributed by atoms with Crippen LogP contribution in [-0.2, 0) is 12.0 Å². The maximum Gasteiger partial charge on any atom is 0.255 e. The highest BCUT2D eigenvalue weighted by molar-refractivity contribution is 7.15. The second-order valence-electron chi connectivity index (χ2n) is 4.95. The van der Waals surface area contributed by atoms with E-state index in [1.807, 2.05) is 20.8 Å². The summed E-state index contributed by atoms with van der Waals surface area (Å²) in [5, 5.41) is 9.79. The van der Waals surface area contributed by atoms with Crippen LogP contribution in [0.2, 0.25) is 0 Å². The second kappa shape index (κ2) is 5.27. The van der Waals surface area contributed by atoms with Gasteiger partial charge in [0.05, 0.1) is 23.7 Å². The lowest BCUT2D eigenvalue weighted by atomic mass is 9.91. The number of hydrogen-bond acceptors (Lipinski definition) is 4. The first-order valence-electron chi connectivity index (χ1n) is 5.36. The summed E-state index contributed by atoms with van der Waals surface area (Å²) in [5.41, 5.74) is 0.583. The first kappa shape index (κ1) is 14.3. The number of aromatic nitrogens is 1. The van der Waals surface area contributed by atoms with E-state index in [1.54, 1.807) is 7.05 Å². The number of thiazole rings is 1. The van der Waals surface area contributed by atoms with E-state index in [9.17, 15) is 13.9 Å². The van der Waals surface area contributed by atoms with E-state index in [0.29, 0.717) is 5.13 Å². The van der Waals surface area contributed by atoms with E-state index in [1.165, 1.54) is 16.2 Å². The lowest BCUT2D eigenvalue weighted by molar-refractivity contribution is 0.156. The minimum atomic E-state index is -2.39. The molecule has 0 spiro atoms. The lowest BCUT2D eigenvalue weighted by Gasteiger charge is -2.17. The van der Waals surface area contributed by atoms with Crippen LogP contribution in [-0.4, -0.2) is 30.1 Å². The predicted molar refractivity (Wildman–Crippen MR) is 66.0 cm³/mol. The Balaban J connectivity index is 3.00. The first-order chi connectivity index (χ1) is 7.75. The molecule has 0 saturated carbocycles. The van der Waals surface area contributed by atoms with Crippen LogP contribution in [0.25, 0.3) is 0 Å². The van der Waals surface area contributed by atoms with Crippen molar-refractivity contribution in [1.29, 1.82) is 0 Å². The molecule has 0 fully saturated rings. The van der Waals surface area contributed by atoms with Crippen molar-refractivity contribution in [1.82, 2.24) is 4.98 Å². The summed E-state index contributed by atoms with van der Waals surface area (Å²) in [6.07, 6.45) is -2.39. The van der Waals surface area contributed by atoms with E-state index in [2.05, 4.69) is 4.98 Å². The molecule has 1 N–H and O–H groups in total. The van der Waals surface area contributed by atoms with Gasteiger partial charge in [-0.2, -0.15) is 0 Å². The van der Waals surface area contributed by atoms with Crippen molar-refractivity contribution in [3.63, 3.8) is 0 Å². The third-order valence-corrected chi connectivity index (χ3v) is 3.43. The zero-order valence-corrected chi connectivity index (χ0v) is 11.3. The SMILES string of the molecule is CN(CC(F)F)c1nc(C(C)(C)C)c(CO)s1. The number of anilines is 1. The fraction of sp³-hybridized carbons (Fsp3) is 0.727. The molecule has 3 nitrogen and oxygen atoms in total. The Kier molecular flexibility index (Phi) is 4.43. The molecule has 0 bridgehead atoms. The maximum atomic E-state index is 12.3. The maximum absolute atomic E-state index is 12.3. The summed E-state index contributed by atoms with van der Waals surface area (Å²) < 4.78 is 24.6. The largest absolute Gasteiger partial charge is 0.391 e. The van der Waals surface area contributed by atoms with Gasteiger partial charge in [-0.25, -0.2) is 13.8 Å². The van der Waals surface area contributed by atoms with Crippen LogP contribution in [0.5, 0.6) is 0 Å². The molecular formula is C11H18F2N2OS. The number of aliphatic hydroxyl groups is 1. The Morgan fingerprint density at radius 2 is 2.00 bits per heavy atom. The summed E-state index contributed by atoms with van der Waals surface area (Å²) in [7, 11) is 1.58. The van der Waals surface area contributed by atoms with Gasteiger partial charge in [0, 0.05) is 12.5 Å². The van der Waals surface area contributed by atoms with Crippen LogP contribution >= 0.6 is 11.3 Å². The van der Waals surface area contributed by atoms with Crippen molar-refractivity contribution in [3.8, 4) is 0 Å². The molecule has 0 amide bonds. The zero-order valence-electron chi connectivity index (χ0n) is 10.5.